The second-order valence-corrected chi connectivity index (χ2v) is 7.49. The van der Waals surface area contributed by atoms with Gasteiger partial charge in [-0.05, 0) is 35.7 Å². The van der Waals surface area contributed by atoms with E-state index in [4.69, 9.17) is 14.2 Å². The highest BCUT2D eigenvalue weighted by atomic mass is 16.6. The molecule has 2 aliphatic rings. The van der Waals surface area contributed by atoms with E-state index >= 15 is 0 Å². The van der Waals surface area contributed by atoms with E-state index in [-0.39, 0.29) is 30.2 Å². The number of nitrogens with one attached hydrogen (secondary N) is 2. The minimum Gasteiger partial charge on any atom is -0.486 e. The summed E-state index contributed by atoms with van der Waals surface area (Å²) in [6.07, 6.45) is -0.925. The van der Waals surface area contributed by atoms with E-state index in [1.54, 1.807) is 12.1 Å². The molecule has 0 radical (unpaired) electrons. The number of para-hydroxylation sites is 2. The first-order chi connectivity index (χ1) is 14.0. The summed E-state index contributed by atoms with van der Waals surface area (Å²) in [5.41, 5.74) is 1.54. The Bertz CT molecular complexity index is 927. The Labute approximate surface area is 169 Å². The van der Waals surface area contributed by atoms with E-state index < -0.39 is 6.10 Å². The molecule has 2 aromatic rings. The van der Waals surface area contributed by atoms with Crippen molar-refractivity contribution in [2.75, 3.05) is 18.5 Å². The lowest BCUT2D eigenvalue weighted by atomic mass is 9.95. The van der Waals surface area contributed by atoms with Gasteiger partial charge in [0.15, 0.2) is 17.6 Å². The van der Waals surface area contributed by atoms with Crippen molar-refractivity contribution in [3.63, 3.8) is 0 Å². The summed E-state index contributed by atoms with van der Waals surface area (Å²) < 4.78 is 17.0. The van der Waals surface area contributed by atoms with Gasteiger partial charge in [-0.1, -0.05) is 32.0 Å². The molecule has 0 unspecified atom stereocenters. The minimum absolute atomic E-state index is 0.0616. The number of amides is 2. The molecule has 0 spiro atoms. The molecule has 0 fully saturated rings. The Hall–Kier alpha value is -3.22. The van der Waals surface area contributed by atoms with E-state index in [1.807, 2.05) is 44.2 Å². The first-order valence-electron chi connectivity index (χ1n) is 9.76. The highest BCUT2D eigenvalue weighted by molar-refractivity contribution is 5.99. The molecular formula is C22H24N2O5. The zero-order chi connectivity index (χ0) is 20.4. The molecule has 4 rings (SSSR count). The lowest BCUT2D eigenvalue weighted by Crippen LogP contribution is -2.42. The van der Waals surface area contributed by atoms with Gasteiger partial charge in [-0.25, -0.2) is 0 Å². The van der Waals surface area contributed by atoms with Crippen LogP contribution in [0, 0.1) is 5.92 Å². The van der Waals surface area contributed by atoms with Crippen LogP contribution < -0.4 is 24.8 Å². The Morgan fingerprint density at radius 3 is 2.66 bits per heavy atom. The molecule has 2 atom stereocenters. The Morgan fingerprint density at radius 1 is 1.10 bits per heavy atom. The van der Waals surface area contributed by atoms with Crippen LogP contribution in [0.1, 0.15) is 31.9 Å². The van der Waals surface area contributed by atoms with Gasteiger partial charge in [-0.2, -0.15) is 0 Å². The predicted octanol–water partition coefficient (Wildman–Crippen LogP) is 3.06. The molecule has 0 aromatic heterocycles. The summed E-state index contributed by atoms with van der Waals surface area (Å²) in [6, 6.07) is 12.6. The average Bonchev–Trinajstić information content (AvgIpc) is 2.72. The lowest BCUT2D eigenvalue weighted by molar-refractivity contribution is -0.131. The number of hydrogen-bond donors (Lipinski definition) is 2. The van der Waals surface area contributed by atoms with Crippen LogP contribution in [0.2, 0.25) is 0 Å². The predicted molar refractivity (Wildman–Crippen MR) is 107 cm³/mol. The fourth-order valence-corrected chi connectivity index (χ4v) is 3.52. The van der Waals surface area contributed by atoms with E-state index in [0.29, 0.717) is 36.1 Å². The lowest BCUT2D eigenvalue weighted by Gasteiger charge is -2.28. The normalized spacial score (nSPS) is 18.3. The van der Waals surface area contributed by atoms with Crippen molar-refractivity contribution in [2.45, 2.75) is 32.4 Å². The summed E-state index contributed by atoms with van der Waals surface area (Å²) in [5.74, 6) is 1.53. The first kappa shape index (κ1) is 19.1. The van der Waals surface area contributed by atoms with Gasteiger partial charge in [0.05, 0.1) is 18.2 Å². The molecule has 2 aliphatic heterocycles. The van der Waals surface area contributed by atoms with E-state index in [0.717, 1.165) is 5.56 Å². The van der Waals surface area contributed by atoms with Gasteiger partial charge in [0.2, 0.25) is 5.91 Å². The third-order valence-corrected chi connectivity index (χ3v) is 4.99. The molecule has 0 aliphatic carbocycles. The molecule has 2 heterocycles. The maximum absolute atomic E-state index is 12.7. The summed E-state index contributed by atoms with van der Waals surface area (Å²) >= 11 is 0. The second kappa shape index (κ2) is 8.03. The molecule has 2 amide bonds. The third-order valence-electron chi connectivity index (χ3n) is 4.99. The SMILES string of the molecule is CC(C)[C@@H](NC(=O)C[C@H]1Oc2ccccc2NC1=O)c1ccc2c(c1)OCCO2. The van der Waals surface area contributed by atoms with Gasteiger partial charge in [0.1, 0.15) is 19.0 Å². The van der Waals surface area contributed by atoms with Crippen LogP contribution in [0.5, 0.6) is 17.2 Å². The smallest absolute Gasteiger partial charge is 0.266 e. The topological polar surface area (TPSA) is 85.9 Å². The molecule has 0 saturated carbocycles. The minimum atomic E-state index is -0.863. The van der Waals surface area contributed by atoms with Crippen LogP contribution in [0.3, 0.4) is 0 Å². The van der Waals surface area contributed by atoms with Crippen molar-refractivity contribution in [1.29, 1.82) is 0 Å². The van der Waals surface area contributed by atoms with Crippen LogP contribution in [0.4, 0.5) is 5.69 Å². The molecule has 2 aromatic carbocycles. The molecule has 7 nitrogen and oxygen atoms in total. The summed E-state index contributed by atoms with van der Waals surface area (Å²) in [7, 11) is 0. The number of ether oxygens (including phenoxy) is 3. The van der Waals surface area contributed by atoms with Crippen LogP contribution in [-0.2, 0) is 9.59 Å². The highest BCUT2D eigenvalue weighted by Crippen LogP contribution is 2.34. The standard InChI is InChI=1S/C22H24N2O5/c1-13(2)21(14-7-8-17-18(11-14)28-10-9-27-17)24-20(25)12-19-22(26)23-15-5-3-4-6-16(15)29-19/h3-8,11,13,19,21H,9-10,12H2,1-2H3,(H,23,26)(H,24,25)/t19-,21-/m1/s1. The average molecular weight is 396 g/mol. The van der Waals surface area contributed by atoms with Crippen LogP contribution >= 0.6 is 0 Å². The van der Waals surface area contributed by atoms with Gasteiger partial charge < -0.3 is 24.8 Å². The van der Waals surface area contributed by atoms with Gasteiger partial charge in [-0.3, -0.25) is 9.59 Å². The summed E-state index contributed by atoms with van der Waals surface area (Å²) in [6.45, 7) is 5.09. The third kappa shape index (κ3) is 4.13. The van der Waals surface area contributed by atoms with Crippen LogP contribution in [0.25, 0.3) is 0 Å². The van der Waals surface area contributed by atoms with Crippen LogP contribution in [0.15, 0.2) is 42.5 Å². The van der Waals surface area contributed by atoms with Crippen molar-refractivity contribution < 1.29 is 23.8 Å². The number of benzene rings is 2. The fourth-order valence-electron chi connectivity index (χ4n) is 3.52. The van der Waals surface area contributed by atoms with Crippen molar-refractivity contribution in [1.82, 2.24) is 5.32 Å². The zero-order valence-corrected chi connectivity index (χ0v) is 16.4. The van der Waals surface area contributed by atoms with E-state index in [1.165, 1.54) is 0 Å². The second-order valence-electron chi connectivity index (χ2n) is 7.49. The van der Waals surface area contributed by atoms with E-state index in [2.05, 4.69) is 10.6 Å². The Kier molecular flexibility index (Phi) is 5.29. The fraction of sp³-hybridized carbons (Fsp3) is 0.364. The van der Waals surface area contributed by atoms with E-state index in [9.17, 15) is 9.59 Å². The molecule has 0 saturated heterocycles. The quantitative estimate of drug-likeness (QED) is 0.811. The Morgan fingerprint density at radius 2 is 1.86 bits per heavy atom. The maximum atomic E-state index is 12.7. The number of rotatable bonds is 5. The Balaban J connectivity index is 1.45. The molecule has 0 bridgehead atoms. The van der Waals surface area contributed by atoms with Crippen molar-refractivity contribution in [3.05, 3.63) is 48.0 Å². The molecule has 7 heteroatoms. The number of hydrogen-bond acceptors (Lipinski definition) is 5. The zero-order valence-electron chi connectivity index (χ0n) is 16.4. The number of carbonyl (C=O) groups excluding carboxylic acids is 2. The van der Waals surface area contributed by atoms with Crippen molar-refractivity contribution >= 4 is 17.5 Å². The van der Waals surface area contributed by atoms with Crippen molar-refractivity contribution in [3.8, 4) is 17.2 Å². The highest BCUT2D eigenvalue weighted by Gasteiger charge is 2.31. The van der Waals surface area contributed by atoms with Gasteiger partial charge in [0, 0.05) is 0 Å². The largest absolute Gasteiger partial charge is 0.486 e. The maximum Gasteiger partial charge on any atom is 0.266 e. The monoisotopic (exact) mass is 396 g/mol. The molecule has 2 N–H and O–H groups in total. The molecule has 152 valence electrons. The number of fused-ring (bicyclic) bond motifs is 2. The molecule has 29 heavy (non-hydrogen) atoms. The number of carbonyl (C=O) groups is 2. The van der Waals surface area contributed by atoms with Gasteiger partial charge >= 0.3 is 0 Å². The van der Waals surface area contributed by atoms with Crippen LogP contribution in [-0.4, -0.2) is 31.1 Å². The van der Waals surface area contributed by atoms with Gasteiger partial charge in [-0.15, -0.1) is 0 Å². The molecular weight excluding hydrogens is 372 g/mol. The number of anilines is 1. The van der Waals surface area contributed by atoms with Crippen molar-refractivity contribution in [2.24, 2.45) is 5.92 Å². The summed E-state index contributed by atoms with van der Waals surface area (Å²) in [5, 5.41) is 5.82. The first-order valence-corrected chi connectivity index (χ1v) is 9.76. The summed E-state index contributed by atoms with van der Waals surface area (Å²) in [4.78, 5) is 25.0. The van der Waals surface area contributed by atoms with Gasteiger partial charge in [0.25, 0.3) is 5.91 Å².